The van der Waals surface area contributed by atoms with E-state index in [-0.39, 0.29) is 11.7 Å². The number of hydrogen-bond acceptors (Lipinski definition) is 5. The first kappa shape index (κ1) is 21.3. The van der Waals surface area contributed by atoms with Crippen LogP contribution in [-0.4, -0.2) is 65.5 Å². The Morgan fingerprint density at radius 3 is 2.42 bits per heavy atom. The number of amides is 1. The van der Waals surface area contributed by atoms with Crippen LogP contribution < -0.4 is 4.90 Å². The Morgan fingerprint density at radius 1 is 1.10 bits per heavy atom. The van der Waals surface area contributed by atoms with E-state index < -0.39 is 5.54 Å². The summed E-state index contributed by atoms with van der Waals surface area (Å²) in [4.78, 5) is 19.6. The predicted molar refractivity (Wildman–Crippen MR) is 119 cm³/mol. The van der Waals surface area contributed by atoms with Gasteiger partial charge < -0.3 is 19.9 Å². The Hall–Kier alpha value is -2.93. The van der Waals surface area contributed by atoms with Gasteiger partial charge in [-0.25, -0.2) is 4.39 Å². The Kier molecular flexibility index (Phi) is 6.23. The molecule has 0 radical (unpaired) electrons. The minimum atomic E-state index is -0.460. The zero-order chi connectivity index (χ0) is 21.8. The van der Waals surface area contributed by atoms with E-state index in [9.17, 15) is 14.4 Å². The number of oxime groups is 1. The Labute approximate surface area is 182 Å². The van der Waals surface area contributed by atoms with E-state index >= 15 is 0 Å². The molecule has 1 spiro atoms. The third-order valence-electron chi connectivity index (χ3n) is 6.55. The third kappa shape index (κ3) is 4.28. The number of anilines is 1. The summed E-state index contributed by atoms with van der Waals surface area (Å²) in [7, 11) is 1.88. The molecule has 164 valence electrons. The van der Waals surface area contributed by atoms with Gasteiger partial charge in [0.1, 0.15) is 11.4 Å². The van der Waals surface area contributed by atoms with Gasteiger partial charge in [0.2, 0.25) is 5.91 Å². The molecule has 2 saturated heterocycles. The number of benzene rings is 2. The van der Waals surface area contributed by atoms with E-state index in [1.54, 1.807) is 12.1 Å². The zero-order valence-electron chi connectivity index (χ0n) is 17.9. The van der Waals surface area contributed by atoms with Gasteiger partial charge in [-0.05, 0) is 62.1 Å². The van der Waals surface area contributed by atoms with E-state index in [0.717, 1.165) is 50.1 Å². The molecule has 0 aliphatic carbocycles. The highest BCUT2D eigenvalue weighted by molar-refractivity contribution is 6.00. The molecule has 1 amide bonds. The standard InChI is InChI=1S/C24H29FN4O2/c1-27-18-29(21-6-3-2-4-7-21)24(23(27)30)13-16-28(17-14-24)15-5-8-22(26-31)19-9-11-20(25)12-10-19/h2-4,6-7,9-12,31H,5,8,13-18H2,1H3/b26-22-. The van der Waals surface area contributed by atoms with E-state index in [2.05, 4.69) is 27.1 Å². The summed E-state index contributed by atoms with van der Waals surface area (Å²) in [5, 5.41) is 12.8. The molecule has 2 heterocycles. The largest absolute Gasteiger partial charge is 0.411 e. The van der Waals surface area contributed by atoms with Crippen LogP contribution in [-0.2, 0) is 4.79 Å². The Balaban J connectivity index is 1.34. The molecule has 2 fully saturated rings. The number of hydrogen-bond donors (Lipinski definition) is 1. The van der Waals surface area contributed by atoms with Crippen molar-refractivity contribution in [1.82, 2.24) is 9.80 Å². The molecular weight excluding hydrogens is 395 g/mol. The number of likely N-dealkylation sites (N-methyl/N-ethyl adjacent to an activating group) is 1. The Morgan fingerprint density at radius 2 is 1.77 bits per heavy atom. The lowest BCUT2D eigenvalue weighted by molar-refractivity contribution is -0.132. The van der Waals surface area contributed by atoms with Crippen LogP contribution in [0.1, 0.15) is 31.2 Å². The summed E-state index contributed by atoms with van der Waals surface area (Å²) in [5.41, 5.74) is 1.94. The second kappa shape index (κ2) is 9.06. The average molecular weight is 425 g/mol. The van der Waals surface area contributed by atoms with Crippen LogP contribution in [0.4, 0.5) is 10.1 Å². The van der Waals surface area contributed by atoms with E-state index in [1.807, 2.05) is 30.1 Å². The fraction of sp³-hybridized carbons (Fsp3) is 0.417. The van der Waals surface area contributed by atoms with Gasteiger partial charge in [-0.15, -0.1) is 0 Å². The number of likely N-dealkylation sites (tertiary alicyclic amines) is 1. The van der Waals surface area contributed by atoms with Gasteiger partial charge in [-0.1, -0.05) is 35.5 Å². The van der Waals surface area contributed by atoms with Gasteiger partial charge in [-0.3, -0.25) is 4.79 Å². The third-order valence-corrected chi connectivity index (χ3v) is 6.55. The molecule has 31 heavy (non-hydrogen) atoms. The van der Waals surface area contributed by atoms with Gasteiger partial charge in [0.15, 0.2) is 0 Å². The number of rotatable bonds is 6. The summed E-state index contributed by atoms with van der Waals surface area (Å²) >= 11 is 0. The van der Waals surface area contributed by atoms with Crippen LogP contribution in [0.5, 0.6) is 0 Å². The maximum Gasteiger partial charge on any atom is 0.249 e. The van der Waals surface area contributed by atoms with Gasteiger partial charge >= 0.3 is 0 Å². The van der Waals surface area contributed by atoms with E-state index in [1.165, 1.54) is 12.1 Å². The highest BCUT2D eigenvalue weighted by atomic mass is 19.1. The van der Waals surface area contributed by atoms with E-state index in [4.69, 9.17) is 0 Å². The van der Waals surface area contributed by atoms with Crippen LogP contribution in [0.25, 0.3) is 0 Å². The van der Waals surface area contributed by atoms with Crippen molar-refractivity contribution in [3.05, 3.63) is 66.0 Å². The molecule has 0 unspecified atom stereocenters. The number of piperidine rings is 1. The number of halogens is 1. The topological polar surface area (TPSA) is 59.4 Å². The number of nitrogens with zero attached hydrogens (tertiary/aromatic N) is 4. The lowest BCUT2D eigenvalue weighted by atomic mass is 9.85. The van der Waals surface area contributed by atoms with Gasteiger partial charge in [0, 0.05) is 25.8 Å². The normalized spacial score (nSPS) is 19.4. The molecule has 2 aliphatic heterocycles. The van der Waals surface area contributed by atoms with Crippen LogP contribution >= 0.6 is 0 Å². The van der Waals surface area contributed by atoms with Crippen molar-refractivity contribution in [2.45, 2.75) is 31.2 Å². The molecule has 4 rings (SSSR count). The van der Waals surface area contributed by atoms with Crippen molar-refractivity contribution in [3.8, 4) is 0 Å². The minimum Gasteiger partial charge on any atom is -0.411 e. The van der Waals surface area contributed by atoms with Crippen molar-refractivity contribution >= 4 is 17.3 Å². The molecule has 0 aromatic heterocycles. The molecule has 1 N–H and O–H groups in total. The van der Waals surface area contributed by atoms with Crippen molar-refractivity contribution in [2.24, 2.45) is 5.16 Å². The van der Waals surface area contributed by atoms with Gasteiger partial charge in [-0.2, -0.15) is 0 Å². The van der Waals surface area contributed by atoms with Gasteiger partial charge in [0.05, 0.1) is 12.4 Å². The zero-order valence-corrected chi connectivity index (χ0v) is 17.9. The maximum atomic E-state index is 13.1. The molecule has 6 nitrogen and oxygen atoms in total. The van der Waals surface area contributed by atoms with Crippen LogP contribution in [0.15, 0.2) is 59.8 Å². The Bertz CT molecular complexity index is 924. The van der Waals surface area contributed by atoms with Crippen molar-refractivity contribution in [2.75, 3.05) is 38.3 Å². The molecular formula is C24H29FN4O2. The summed E-state index contributed by atoms with van der Waals surface area (Å²) in [5.74, 6) is -0.0954. The monoisotopic (exact) mass is 424 g/mol. The lowest BCUT2D eigenvalue weighted by Gasteiger charge is -2.43. The molecule has 2 aromatic carbocycles. The molecule has 2 aliphatic rings. The molecule has 0 bridgehead atoms. The van der Waals surface area contributed by atoms with Crippen LogP contribution in [0.2, 0.25) is 0 Å². The SMILES string of the molecule is CN1CN(c2ccccc2)C2(CCN(CCC/C(=N/O)c3ccc(F)cc3)CC2)C1=O. The highest BCUT2D eigenvalue weighted by Crippen LogP contribution is 2.38. The first-order valence-electron chi connectivity index (χ1n) is 10.8. The first-order valence-corrected chi connectivity index (χ1v) is 10.8. The van der Waals surface area contributed by atoms with Crippen molar-refractivity contribution < 1.29 is 14.4 Å². The number of carbonyl (C=O) groups is 1. The fourth-order valence-electron chi connectivity index (χ4n) is 4.81. The maximum absolute atomic E-state index is 13.1. The summed E-state index contributed by atoms with van der Waals surface area (Å²) in [6.45, 7) is 3.19. The molecule has 2 aromatic rings. The average Bonchev–Trinajstić information content (AvgIpc) is 3.04. The summed E-state index contributed by atoms with van der Waals surface area (Å²) in [6.07, 6.45) is 3.04. The van der Waals surface area contributed by atoms with Crippen LogP contribution in [0.3, 0.4) is 0 Å². The van der Waals surface area contributed by atoms with Crippen LogP contribution in [0, 0.1) is 5.82 Å². The molecule has 0 saturated carbocycles. The smallest absolute Gasteiger partial charge is 0.249 e. The summed E-state index contributed by atoms with van der Waals surface area (Å²) in [6, 6.07) is 16.2. The highest BCUT2D eigenvalue weighted by Gasteiger charge is 2.52. The predicted octanol–water partition coefficient (Wildman–Crippen LogP) is 3.55. The quantitative estimate of drug-likeness (QED) is 0.438. The van der Waals surface area contributed by atoms with E-state index in [0.29, 0.717) is 18.8 Å². The second-order valence-electron chi connectivity index (χ2n) is 8.44. The second-order valence-corrected chi connectivity index (χ2v) is 8.44. The number of para-hydroxylation sites is 1. The molecule has 7 heteroatoms. The summed E-state index contributed by atoms with van der Waals surface area (Å²) < 4.78 is 13.1. The lowest BCUT2D eigenvalue weighted by Crippen LogP contribution is -2.56. The number of carbonyl (C=O) groups excluding carboxylic acids is 1. The fourth-order valence-corrected chi connectivity index (χ4v) is 4.81. The van der Waals surface area contributed by atoms with Crippen molar-refractivity contribution in [1.29, 1.82) is 0 Å². The van der Waals surface area contributed by atoms with Gasteiger partial charge in [0.25, 0.3) is 0 Å². The van der Waals surface area contributed by atoms with Crippen molar-refractivity contribution in [3.63, 3.8) is 0 Å². The first-order chi connectivity index (χ1) is 15.0. The molecule has 0 atom stereocenters. The minimum absolute atomic E-state index is 0.210.